The molecule has 1 aromatic heterocycles. The van der Waals surface area contributed by atoms with Crippen molar-refractivity contribution < 1.29 is 4.79 Å². The van der Waals surface area contributed by atoms with Crippen LogP contribution >= 0.6 is 11.6 Å². The summed E-state index contributed by atoms with van der Waals surface area (Å²) < 4.78 is 1.47. The van der Waals surface area contributed by atoms with Crippen LogP contribution in [0.15, 0.2) is 53.6 Å². The van der Waals surface area contributed by atoms with E-state index in [0.717, 1.165) is 31.6 Å². The first kappa shape index (κ1) is 18.5. The van der Waals surface area contributed by atoms with Crippen molar-refractivity contribution in [3.05, 3.63) is 64.2 Å². The summed E-state index contributed by atoms with van der Waals surface area (Å²) in [5.74, 6) is -0.164. The molecule has 0 radical (unpaired) electrons. The van der Waals surface area contributed by atoms with Crippen molar-refractivity contribution in [3.8, 4) is 0 Å². The number of fused-ring (bicyclic) bond motifs is 1. The van der Waals surface area contributed by atoms with Gasteiger partial charge < -0.3 is 10.2 Å². The third-order valence-corrected chi connectivity index (χ3v) is 5.23. The minimum absolute atomic E-state index is 0.140. The fourth-order valence-corrected chi connectivity index (χ4v) is 3.71. The molecule has 1 amide bonds. The molecule has 144 valence electrons. The maximum Gasteiger partial charge on any atom is 0.261 e. The zero-order valence-corrected chi connectivity index (χ0v) is 16.2. The molecule has 0 atom stereocenters. The van der Waals surface area contributed by atoms with Crippen LogP contribution in [-0.4, -0.2) is 28.5 Å². The van der Waals surface area contributed by atoms with Gasteiger partial charge in [-0.25, -0.2) is 4.98 Å². The molecule has 1 saturated heterocycles. The van der Waals surface area contributed by atoms with E-state index in [1.807, 2.05) is 24.3 Å². The van der Waals surface area contributed by atoms with Crippen LogP contribution in [0.25, 0.3) is 10.9 Å². The third kappa shape index (κ3) is 3.87. The van der Waals surface area contributed by atoms with Crippen molar-refractivity contribution in [1.29, 1.82) is 0 Å². The summed E-state index contributed by atoms with van der Waals surface area (Å²) in [7, 11) is 0. The van der Waals surface area contributed by atoms with Gasteiger partial charge in [0, 0.05) is 31.1 Å². The lowest BCUT2D eigenvalue weighted by atomic mass is 10.2. The molecule has 2 aromatic carbocycles. The largest absolute Gasteiger partial charge is 0.370 e. The number of benzene rings is 2. The number of hydrogen-bond acceptors (Lipinski definition) is 4. The van der Waals surface area contributed by atoms with E-state index < -0.39 is 0 Å². The normalized spacial score (nSPS) is 13.8. The highest BCUT2D eigenvalue weighted by Gasteiger charge is 2.17. The summed E-state index contributed by atoms with van der Waals surface area (Å²) in [4.78, 5) is 31.6. The second-order valence-corrected chi connectivity index (χ2v) is 7.35. The van der Waals surface area contributed by atoms with Gasteiger partial charge in [0.1, 0.15) is 0 Å². The summed E-state index contributed by atoms with van der Waals surface area (Å²) in [6.45, 7) is 2.22. The zero-order valence-electron chi connectivity index (χ0n) is 15.4. The Balaban J connectivity index is 1.48. The van der Waals surface area contributed by atoms with E-state index >= 15 is 0 Å². The molecule has 7 heteroatoms. The molecule has 0 aliphatic carbocycles. The Morgan fingerprint density at radius 3 is 2.75 bits per heavy atom. The smallest absolute Gasteiger partial charge is 0.261 e. The van der Waals surface area contributed by atoms with Crippen molar-refractivity contribution >= 4 is 39.8 Å². The van der Waals surface area contributed by atoms with Crippen LogP contribution < -0.4 is 15.8 Å². The number of carbonyl (C=O) groups is 1. The molecule has 0 saturated carbocycles. The fourth-order valence-electron chi connectivity index (χ4n) is 3.54. The van der Waals surface area contributed by atoms with Gasteiger partial charge in [-0.2, -0.15) is 0 Å². The number of hydrogen-bond donors (Lipinski definition) is 1. The van der Waals surface area contributed by atoms with Crippen molar-refractivity contribution in [2.45, 2.75) is 25.8 Å². The van der Waals surface area contributed by atoms with Crippen molar-refractivity contribution in [3.63, 3.8) is 0 Å². The van der Waals surface area contributed by atoms with Crippen LogP contribution in [0.4, 0.5) is 11.4 Å². The molecule has 1 aliphatic rings. The van der Waals surface area contributed by atoms with Gasteiger partial charge >= 0.3 is 0 Å². The molecule has 6 nitrogen and oxygen atoms in total. The first-order chi connectivity index (χ1) is 13.6. The van der Waals surface area contributed by atoms with Crippen LogP contribution in [0.2, 0.25) is 5.02 Å². The van der Waals surface area contributed by atoms with E-state index in [9.17, 15) is 9.59 Å². The Labute approximate surface area is 167 Å². The van der Waals surface area contributed by atoms with Crippen LogP contribution in [0, 0.1) is 0 Å². The fraction of sp³-hybridized carbons (Fsp3) is 0.286. The van der Waals surface area contributed by atoms with Crippen molar-refractivity contribution in [2.24, 2.45) is 0 Å². The molecule has 0 spiro atoms. The maximum absolute atomic E-state index is 12.5. The number of anilines is 2. The standard InChI is InChI=1S/C21H21ClN4O2/c22-15-7-8-19(25-10-3-4-11-25)18(13-15)24-20(27)9-12-26-14-23-17-6-2-1-5-16(17)21(26)28/h1-2,5-8,13-14H,3-4,9-12H2,(H,24,27). The number of aromatic nitrogens is 2. The molecule has 28 heavy (non-hydrogen) atoms. The molecule has 1 aliphatic heterocycles. The summed E-state index contributed by atoms with van der Waals surface area (Å²) in [5.41, 5.74) is 2.21. The van der Waals surface area contributed by atoms with E-state index in [4.69, 9.17) is 11.6 Å². The molecule has 2 heterocycles. The monoisotopic (exact) mass is 396 g/mol. The van der Waals surface area contributed by atoms with Crippen LogP contribution in [0.5, 0.6) is 0 Å². The number of halogens is 1. The Hall–Kier alpha value is -2.86. The number of rotatable bonds is 5. The average molecular weight is 397 g/mol. The predicted molar refractivity (Wildman–Crippen MR) is 112 cm³/mol. The quantitative estimate of drug-likeness (QED) is 0.714. The molecule has 3 aromatic rings. The van der Waals surface area contributed by atoms with Gasteiger partial charge in [-0.1, -0.05) is 23.7 Å². The molecule has 0 unspecified atom stereocenters. The Morgan fingerprint density at radius 2 is 1.93 bits per heavy atom. The minimum atomic E-state index is -0.164. The average Bonchev–Trinajstić information content (AvgIpc) is 3.22. The van der Waals surface area contributed by atoms with Crippen LogP contribution in [0.3, 0.4) is 0 Å². The van der Waals surface area contributed by atoms with Gasteiger partial charge in [-0.3, -0.25) is 14.2 Å². The first-order valence-electron chi connectivity index (χ1n) is 9.40. The molecule has 0 bridgehead atoms. The Bertz CT molecular complexity index is 1070. The number of aryl methyl sites for hydroxylation is 1. The topological polar surface area (TPSA) is 67.2 Å². The van der Waals surface area contributed by atoms with E-state index in [2.05, 4.69) is 15.2 Å². The zero-order chi connectivity index (χ0) is 19.5. The van der Waals surface area contributed by atoms with Crippen LogP contribution in [0.1, 0.15) is 19.3 Å². The number of carbonyl (C=O) groups excluding carboxylic acids is 1. The minimum Gasteiger partial charge on any atom is -0.370 e. The van der Waals surface area contributed by atoms with Gasteiger partial charge in [0.15, 0.2) is 0 Å². The second kappa shape index (κ2) is 8.02. The number of para-hydroxylation sites is 1. The highest BCUT2D eigenvalue weighted by molar-refractivity contribution is 6.31. The molecular weight excluding hydrogens is 376 g/mol. The first-order valence-corrected chi connectivity index (χ1v) is 9.78. The van der Waals surface area contributed by atoms with Gasteiger partial charge in [0.25, 0.3) is 5.56 Å². The summed E-state index contributed by atoms with van der Waals surface area (Å²) in [6, 6.07) is 12.8. The number of amides is 1. The summed E-state index contributed by atoms with van der Waals surface area (Å²) >= 11 is 6.13. The van der Waals surface area contributed by atoms with E-state index in [1.165, 1.54) is 10.9 Å². The Morgan fingerprint density at radius 1 is 1.14 bits per heavy atom. The highest BCUT2D eigenvalue weighted by atomic mass is 35.5. The molecule has 1 N–H and O–H groups in total. The molecule has 1 fully saturated rings. The number of nitrogens with one attached hydrogen (secondary N) is 1. The predicted octanol–water partition coefficient (Wildman–Crippen LogP) is 3.68. The van der Waals surface area contributed by atoms with Crippen LogP contribution in [-0.2, 0) is 11.3 Å². The summed E-state index contributed by atoms with van der Waals surface area (Å²) in [6.07, 6.45) is 3.96. The van der Waals surface area contributed by atoms with Gasteiger partial charge in [0.05, 0.1) is 28.6 Å². The SMILES string of the molecule is O=C(CCn1cnc2ccccc2c1=O)Nc1cc(Cl)ccc1N1CCCC1. The lowest BCUT2D eigenvalue weighted by molar-refractivity contribution is -0.116. The van der Waals surface area contributed by atoms with E-state index in [-0.39, 0.29) is 24.4 Å². The summed E-state index contributed by atoms with van der Waals surface area (Å²) in [5, 5.41) is 4.08. The van der Waals surface area contributed by atoms with Gasteiger partial charge in [-0.05, 0) is 43.2 Å². The van der Waals surface area contributed by atoms with Crippen molar-refractivity contribution in [2.75, 3.05) is 23.3 Å². The van der Waals surface area contributed by atoms with Gasteiger partial charge in [0.2, 0.25) is 5.91 Å². The number of nitrogens with zero attached hydrogens (tertiary/aromatic N) is 3. The highest BCUT2D eigenvalue weighted by Crippen LogP contribution is 2.31. The molecular formula is C21H21ClN4O2. The van der Waals surface area contributed by atoms with Crippen molar-refractivity contribution in [1.82, 2.24) is 9.55 Å². The molecule has 4 rings (SSSR count). The maximum atomic E-state index is 12.5. The van der Waals surface area contributed by atoms with E-state index in [0.29, 0.717) is 21.6 Å². The lowest BCUT2D eigenvalue weighted by Gasteiger charge is -2.22. The van der Waals surface area contributed by atoms with Gasteiger partial charge in [-0.15, -0.1) is 0 Å². The van der Waals surface area contributed by atoms with E-state index in [1.54, 1.807) is 18.2 Å². The lowest BCUT2D eigenvalue weighted by Crippen LogP contribution is -2.24. The third-order valence-electron chi connectivity index (χ3n) is 4.99. The Kier molecular flexibility index (Phi) is 5.30. The second-order valence-electron chi connectivity index (χ2n) is 6.91.